The Morgan fingerprint density at radius 3 is 1.25 bits per heavy atom. The van der Waals surface area contributed by atoms with E-state index < -0.39 is 0 Å². The first-order valence-electron chi connectivity index (χ1n) is 11.7. The minimum Gasteiger partial charge on any atom is -0.358 e. The maximum absolute atomic E-state index is 3.12. The molecule has 0 nitrogen and oxygen atoms in total. The summed E-state index contributed by atoms with van der Waals surface area (Å²) in [6, 6.07) is 33.2. The minimum absolute atomic E-state index is 0. The van der Waals surface area contributed by atoms with Crippen LogP contribution in [0.5, 0.6) is 0 Å². The van der Waals surface area contributed by atoms with Crippen LogP contribution in [0.25, 0.3) is 0 Å². The largest absolute Gasteiger partial charge is 0.358 e. The van der Waals surface area contributed by atoms with E-state index in [4.69, 9.17) is 0 Å². The van der Waals surface area contributed by atoms with E-state index in [1.54, 1.807) is 0 Å². The summed E-state index contributed by atoms with van der Waals surface area (Å²) < 4.78 is 0. The minimum atomic E-state index is 0. The van der Waals surface area contributed by atoms with Crippen LogP contribution in [0.4, 0.5) is 0 Å². The Labute approximate surface area is 305 Å². The van der Waals surface area contributed by atoms with E-state index in [0.717, 1.165) is 19.3 Å². The number of aryl methyl sites for hydroxylation is 3. The predicted molar refractivity (Wildman–Crippen MR) is 157 cm³/mol. The molecule has 0 aromatic heterocycles. The SMILES string of the molecule is CC.CC.CC.CCc1[c-]cccc1.CCc1c[c-]ccc1.CCc1cc[c-]cc1.[CH3-].[CH3-].[CH3-].[Y].[Y].[Y]. The van der Waals surface area contributed by atoms with Crippen LogP contribution in [0, 0.1) is 40.5 Å². The Hall–Kier alpha value is 0.972. The van der Waals surface area contributed by atoms with Crippen molar-refractivity contribution in [3.8, 4) is 0 Å². The van der Waals surface area contributed by atoms with Gasteiger partial charge in [-0.3, -0.25) is 0 Å². The van der Waals surface area contributed by atoms with Gasteiger partial charge in [-0.1, -0.05) is 81.6 Å². The van der Waals surface area contributed by atoms with Crippen molar-refractivity contribution in [1.29, 1.82) is 0 Å². The molecule has 0 atom stereocenters. The molecule has 0 saturated carbocycles. The Balaban J connectivity index is -0.0000000365. The maximum atomic E-state index is 3.12. The number of hydrogen-bond acceptors (Lipinski definition) is 0. The topological polar surface area (TPSA) is 0 Å². The van der Waals surface area contributed by atoms with Crippen LogP contribution in [-0.4, -0.2) is 0 Å². The van der Waals surface area contributed by atoms with Crippen molar-refractivity contribution in [3.05, 3.63) is 130 Å². The van der Waals surface area contributed by atoms with E-state index in [9.17, 15) is 0 Å². The van der Waals surface area contributed by atoms with Gasteiger partial charge < -0.3 is 22.3 Å². The van der Waals surface area contributed by atoms with Gasteiger partial charge in [0, 0.05) is 98.1 Å². The average Bonchev–Trinajstić information content (AvgIpc) is 2.90. The molecule has 3 radical (unpaired) electrons. The van der Waals surface area contributed by atoms with E-state index in [1.165, 1.54) is 16.7 Å². The van der Waals surface area contributed by atoms with Gasteiger partial charge in [0.2, 0.25) is 0 Å². The van der Waals surface area contributed by atoms with Crippen LogP contribution < -0.4 is 0 Å². The van der Waals surface area contributed by atoms with Crippen LogP contribution in [0.15, 0.2) is 72.8 Å². The number of rotatable bonds is 3. The van der Waals surface area contributed by atoms with Gasteiger partial charge in [-0.25, -0.2) is 0 Å². The summed E-state index contributed by atoms with van der Waals surface area (Å²) in [4.78, 5) is 0. The van der Waals surface area contributed by atoms with Gasteiger partial charge in [-0.05, 0) is 0 Å². The van der Waals surface area contributed by atoms with E-state index in [0.29, 0.717) is 0 Å². The van der Waals surface area contributed by atoms with Gasteiger partial charge in [0.15, 0.2) is 0 Å². The molecule has 3 heteroatoms. The quantitative estimate of drug-likeness (QED) is 0.237. The zero-order chi connectivity index (χ0) is 23.5. The molecule has 0 N–H and O–H groups in total. The molecule has 3 aromatic rings. The molecule has 36 heavy (non-hydrogen) atoms. The van der Waals surface area contributed by atoms with E-state index in [-0.39, 0.29) is 120 Å². The first-order chi connectivity index (χ1) is 14.8. The van der Waals surface area contributed by atoms with Crippen molar-refractivity contribution in [2.45, 2.75) is 81.6 Å². The molecule has 0 saturated heterocycles. The summed E-state index contributed by atoms with van der Waals surface area (Å²) in [7, 11) is 0. The molecule has 0 aliphatic rings. The Morgan fingerprint density at radius 2 is 1.00 bits per heavy atom. The van der Waals surface area contributed by atoms with Crippen LogP contribution in [0.1, 0.15) is 79.0 Å². The Kier molecular flexibility index (Phi) is 95.5. The van der Waals surface area contributed by atoms with E-state index >= 15 is 0 Å². The van der Waals surface area contributed by atoms with Crippen LogP contribution in [0.3, 0.4) is 0 Å². The average molecular weight is 718 g/mol. The first kappa shape index (κ1) is 61.1. The van der Waals surface area contributed by atoms with Gasteiger partial charge >= 0.3 is 0 Å². The second-order valence-electron chi connectivity index (χ2n) is 5.27. The molecule has 0 aliphatic carbocycles. The molecule has 3 aromatic carbocycles. The smallest absolute Gasteiger partial charge is 0 e. The van der Waals surface area contributed by atoms with Crippen LogP contribution in [0.2, 0.25) is 0 Å². The predicted octanol–water partition coefficient (Wildman–Crippen LogP) is 10.6. The normalized spacial score (nSPS) is 6.58. The molecule has 0 fully saturated rings. The van der Waals surface area contributed by atoms with Crippen molar-refractivity contribution >= 4 is 0 Å². The van der Waals surface area contributed by atoms with Crippen molar-refractivity contribution in [2.75, 3.05) is 0 Å². The van der Waals surface area contributed by atoms with Crippen LogP contribution >= 0.6 is 0 Å². The van der Waals surface area contributed by atoms with Crippen molar-refractivity contribution in [2.24, 2.45) is 0 Å². The van der Waals surface area contributed by atoms with E-state index in [1.807, 2.05) is 90.1 Å². The van der Waals surface area contributed by atoms with E-state index in [2.05, 4.69) is 63.2 Å². The fourth-order valence-corrected chi connectivity index (χ4v) is 1.96. The summed E-state index contributed by atoms with van der Waals surface area (Å²) in [5.41, 5.74) is 4.02. The maximum Gasteiger partial charge on any atom is 0 e. The fourth-order valence-electron chi connectivity index (χ4n) is 1.96. The molecule has 0 spiro atoms. The Morgan fingerprint density at radius 1 is 0.500 bits per heavy atom. The first-order valence-corrected chi connectivity index (χ1v) is 11.7. The molecule has 0 bridgehead atoms. The number of benzene rings is 3. The summed E-state index contributed by atoms with van der Waals surface area (Å²) in [5.74, 6) is 0. The molecule has 201 valence electrons. The van der Waals surface area contributed by atoms with Crippen molar-refractivity contribution < 1.29 is 98.1 Å². The molecular formula is C33H54Y3-6. The van der Waals surface area contributed by atoms with Gasteiger partial charge in [0.25, 0.3) is 0 Å². The third kappa shape index (κ3) is 42.1. The van der Waals surface area contributed by atoms with Crippen molar-refractivity contribution in [1.82, 2.24) is 0 Å². The molecule has 0 heterocycles. The van der Waals surface area contributed by atoms with Gasteiger partial charge in [-0.15, -0.1) is 0 Å². The number of hydrogen-bond donors (Lipinski definition) is 0. The molecular weight excluding hydrogens is 663 g/mol. The van der Waals surface area contributed by atoms with Gasteiger partial charge in [0.05, 0.1) is 0 Å². The van der Waals surface area contributed by atoms with Gasteiger partial charge in [-0.2, -0.15) is 108 Å². The summed E-state index contributed by atoms with van der Waals surface area (Å²) in [5, 5.41) is 0. The second kappa shape index (κ2) is 56.2. The van der Waals surface area contributed by atoms with Crippen LogP contribution in [-0.2, 0) is 117 Å². The summed E-state index contributed by atoms with van der Waals surface area (Å²) in [6.45, 7) is 18.4. The fraction of sp³-hybridized carbons (Fsp3) is 0.364. The summed E-state index contributed by atoms with van der Waals surface area (Å²) in [6.07, 6.45) is 3.31. The molecule has 0 aliphatic heterocycles. The third-order valence-corrected chi connectivity index (χ3v) is 3.53. The zero-order valence-electron chi connectivity index (χ0n) is 25.8. The third-order valence-electron chi connectivity index (χ3n) is 3.53. The second-order valence-corrected chi connectivity index (χ2v) is 5.27. The summed E-state index contributed by atoms with van der Waals surface area (Å²) >= 11 is 0. The zero-order valence-corrected chi connectivity index (χ0v) is 34.3. The van der Waals surface area contributed by atoms with Crippen molar-refractivity contribution in [3.63, 3.8) is 0 Å². The monoisotopic (exact) mass is 717 g/mol. The molecule has 3 rings (SSSR count). The molecule has 0 amide bonds. The van der Waals surface area contributed by atoms with Gasteiger partial charge in [0.1, 0.15) is 0 Å². The standard InChI is InChI=1S/3C8H9.3C2H6.3CH3.3Y/c3*1-2-8-6-4-3-5-7-8;3*1-2;;;;;;/h4-7H,2H2,1H3;3-4,6-7H,2H2,1H3;3-6H,2H2,1H3;3*1-2H3;3*1H3;;;/q3*-1;;;;3*-1;;;. The Bertz CT molecular complexity index is 533. The molecule has 0 unspecified atom stereocenters.